The third-order valence-electron chi connectivity index (χ3n) is 4.48. The minimum atomic E-state index is 0.0515. The van der Waals surface area contributed by atoms with Crippen LogP contribution < -0.4 is 5.32 Å². The number of rotatable bonds is 7. The molecule has 1 amide bonds. The number of nitrogens with zero attached hydrogens (tertiary/aromatic N) is 1. The summed E-state index contributed by atoms with van der Waals surface area (Å²) in [6.45, 7) is 5.36. The number of carbonyl (C=O) groups excluding carboxylic acids is 1. The highest BCUT2D eigenvalue weighted by molar-refractivity contribution is 7.98. The van der Waals surface area contributed by atoms with Crippen LogP contribution in [0.25, 0.3) is 0 Å². The van der Waals surface area contributed by atoms with Gasteiger partial charge in [-0.2, -0.15) is 0 Å². The molecule has 0 unspecified atom stereocenters. The highest BCUT2D eigenvalue weighted by Crippen LogP contribution is 2.20. The molecule has 1 heterocycles. The summed E-state index contributed by atoms with van der Waals surface area (Å²) in [6.07, 6.45) is 8.32. The first kappa shape index (κ1) is 17.4. The van der Waals surface area contributed by atoms with Gasteiger partial charge < -0.3 is 10.2 Å². The van der Waals surface area contributed by atoms with Crippen LogP contribution in [-0.4, -0.2) is 42.7 Å². The normalized spacial score (nSPS) is 19.1. The van der Waals surface area contributed by atoms with Gasteiger partial charge in [0.05, 0.1) is 5.56 Å². The van der Waals surface area contributed by atoms with Gasteiger partial charge in [0.15, 0.2) is 0 Å². The summed E-state index contributed by atoms with van der Waals surface area (Å²) in [6, 6.07) is 8.55. The Morgan fingerprint density at radius 2 is 2.18 bits per heavy atom. The van der Waals surface area contributed by atoms with E-state index in [4.69, 9.17) is 0 Å². The Balaban J connectivity index is 1.75. The summed E-state index contributed by atoms with van der Waals surface area (Å²) in [7, 11) is 0. The van der Waals surface area contributed by atoms with Crippen LogP contribution in [0.2, 0.25) is 0 Å². The van der Waals surface area contributed by atoms with E-state index in [-0.39, 0.29) is 5.91 Å². The van der Waals surface area contributed by atoms with Gasteiger partial charge in [0.25, 0.3) is 5.91 Å². The molecule has 0 bridgehead atoms. The van der Waals surface area contributed by atoms with E-state index in [9.17, 15) is 4.79 Å². The number of benzene rings is 1. The molecular formula is C18H28N2OS. The average molecular weight is 321 g/mol. The van der Waals surface area contributed by atoms with E-state index in [1.54, 1.807) is 11.8 Å². The van der Waals surface area contributed by atoms with Gasteiger partial charge >= 0.3 is 0 Å². The zero-order valence-electron chi connectivity index (χ0n) is 13.8. The van der Waals surface area contributed by atoms with Crippen molar-refractivity contribution in [1.82, 2.24) is 10.2 Å². The van der Waals surface area contributed by atoms with Crippen molar-refractivity contribution >= 4 is 17.7 Å². The van der Waals surface area contributed by atoms with E-state index in [1.165, 1.54) is 32.2 Å². The van der Waals surface area contributed by atoms with E-state index in [0.717, 1.165) is 36.0 Å². The standard InChI is InChI=1S/C18H28N2OS/c1-3-15-9-6-7-13-20(15)14-8-12-19-18(21)16-10-4-5-11-17(16)22-2/h4-5,10-11,15H,3,6-9,12-14H2,1-2H3,(H,19,21)/t15-/m0/s1. The minimum Gasteiger partial charge on any atom is -0.352 e. The van der Waals surface area contributed by atoms with Crippen molar-refractivity contribution < 1.29 is 4.79 Å². The van der Waals surface area contributed by atoms with Crippen LogP contribution >= 0.6 is 11.8 Å². The van der Waals surface area contributed by atoms with E-state index in [0.29, 0.717) is 0 Å². The highest BCUT2D eigenvalue weighted by Gasteiger charge is 2.19. The lowest BCUT2D eigenvalue weighted by Gasteiger charge is -2.35. The molecule has 1 N–H and O–H groups in total. The van der Waals surface area contributed by atoms with Gasteiger partial charge in [-0.1, -0.05) is 25.5 Å². The van der Waals surface area contributed by atoms with Crippen molar-refractivity contribution in [1.29, 1.82) is 0 Å². The van der Waals surface area contributed by atoms with Crippen LogP contribution in [-0.2, 0) is 0 Å². The molecule has 0 saturated carbocycles. The smallest absolute Gasteiger partial charge is 0.252 e. The molecule has 1 saturated heterocycles. The van der Waals surface area contributed by atoms with Gasteiger partial charge in [-0.3, -0.25) is 4.79 Å². The van der Waals surface area contributed by atoms with Crippen molar-refractivity contribution in [3.8, 4) is 0 Å². The number of piperidine rings is 1. The number of amides is 1. The van der Waals surface area contributed by atoms with Crippen molar-refractivity contribution in [3.63, 3.8) is 0 Å². The van der Waals surface area contributed by atoms with Crippen molar-refractivity contribution in [2.24, 2.45) is 0 Å². The fraction of sp³-hybridized carbons (Fsp3) is 0.611. The third kappa shape index (κ3) is 4.75. The van der Waals surface area contributed by atoms with Crippen LogP contribution in [0.4, 0.5) is 0 Å². The Morgan fingerprint density at radius 3 is 2.95 bits per heavy atom. The maximum Gasteiger partial charge on any atom is 0.252 e. The summed E-state index contributed by atoms with van der Waals surface area (Å²) in [5, 5.41) is 3.07. The van der Waals surface area contributed by atoms with E-state index in [1.807, 2.05) is 30.5 Å². The number of thioether (sulfide) groups is 1. The molecule has 0 spiro atoms. The molecule has 0 aliphatic carbocycles. The van der Waals surface area contributed by atoms with Crippen LogP contribution in [0.3, 0.4) is 0 Å². The molecule has 4 heteroatoms. The van der Waals surface area contributed by atoms with Crippen LogP contribution in [0, 0.1) is 0 Å². The Labute approximate surface area is 138 Å². The van der Waals surface area contributed by atoms with Crippen molar-refractivity contribution in [2.45, 2.75) is 50.0 Å². The second-order valence-electron chi connectivity index (χ2n) is 5.90. The predicted molar refractivity (Wildman–Crippen MR) is 94.7 cm³/mol. The van der Waals surface area contributed by atoms with Gasteiger partial charge in [0, 0.05) is 24.0 Å². The molecule has 1 aliphatic rings. The van der Waals surface area contributed by atoms with Gasteiger partial charge in [-0.05, 0) is 50.6 Å². The molecule has 1 aliphatic heterocycles. The molecule has 1 aromatic carbocycles. The highest BCUT2D eigenvalue weighted by atomic mass is 32.2. The minimum absolute atomic E-state index is 0.0515. The number of hydrogen-bond acceptors (Lipinski definition) is 3. The fourth-order valence-corrected chi connectivity index (χ4v) is 3.82. The number of carbonyl (C=O) groups is 1. The molecule has 3 nitrogen and oxygen atoms in total. The Bertz CT molecular complexity index is 478. The first-order chi connectivity index (χ1) is 10.8. The van der Waals surface area contributed by atoms with Crippen molar-refractivity contribution in [2.75, 3.05) is 25.9 Å². The second-order valence-corrected chi connectivity index (χ2v) is 6.75. The topological polar surface area (TPSA) is 32.3 Å². The van der Waals surface area contributed by atoms with Crippen LogP contribution in [0.5, 0.6) is 0 Å². The van der Waals surface area contributed by atoms with Crippen LogP contribution in [0.15, 0.2) is 29.2 Å². The van der Waals surface area contributed by atoms with Gasteiger partial charge in [0.1, 0.15) is 0 Å². The van der Waals surface area contributed by atoms with Gasteiger partial charge in [0.2, 0.25) is 0 Å². The summed E-state index contributed by atoms with van der Waals surface area (Å²) < 4.78 is 0. The van der Waals surface area contributed by atoms with E-state index >= 15 is 0 Å². The third-order valence-corrected chi connectivity index (χ3v) is 5.28. The predicted octanol–water partition coefficient (Wildman–Crippen LogP) is 3.79. The fourth-order valence-electron chi connectivity index (χ4n) is 3.23. The first-order valence-corrected chi connectivity index (χ1v) is 9.64. The quantitative estimate of drug-likeness (QED) is 0.613. The number of likely N-dealkylation sites (tertiary alicyclic amines) is 1. The molecule has 122 valence electrons. The largest absolute Gasteiger partial charge is 0.352 e. The monoisotopic (exact) mass is 320 g/mol. The first-order valence-electron chi connectivity index (χ1n) is 8.41. The summed E-state index contributed by atoms with van der Waals surface area (Å²) in [4.78, 5) is 15.9. The average Bonchev–Trinajstić information content (AvgIpc) is 2.58. The molecule has 0 radical (unpaired) electrons. The Kier molecular flexibility index (Phi) is 7.26. The van der Waals surface area contributed by atoms with Gasteiger partial charge in [-0.25, -0.2) is 0 Å². The van der Waals surface area contributed by atoms with E-state index in [2.05, 4.69) is 17.1 Å². The maximum absolute atomic E-state index is 12.3. The SMILES string of the molecule is CC[C@H]1CCCCN1CCCNC(=O)c1ccccc1SC. The zero-order chi connectivity index (χ0) is 15.8. The molecule has 1 atom stereocenters. The molecule has 0 aromatic heterocycles. The Hall–Kier alpha value is -1.00. The van der Waals surface area contributed by atoms with Crippen LogP contribution in [0.1, 0.15) is 49.4 Å². The number of nitrogens with one attached hydrogen (secondary N) is 1. The maximum atomic E-state index is 12.3. The zero-order valence-corrected chi connectivity index (χ0v) is 14.6. The Morgan fingerprint density at radius 1 is 1.36 bits per heavy atom. The summed E-state index contributed by atoms with van der Waals surface area (Å²) in [5.74, 6) is 0.0515. The van der Waals surface area contributed by atoms with Gasteiger partial charge in [-0.15, -0.1) is 11.8 Å². The molecule has 22 heavy (non-hydrogen) atoms. The lowest BCUT2D eigenvalue weighted by Crippen LogP contribution is -2.40. The summed E-state index contributed by atoms with van der Waals surface area (Å²) >= 11 is 1.62. The second kappa shape index (κ2) is 9.21. The van der Waals surface area contributed by atoms with E-state index < -0.39 is 0 Å². The lowest BCUT2D eigenvalue weighted by molar-refractivity contribution is 0.0944. The number of hydrogen-bond donors (Lipinski definition) is 1. The molecule has 2 rings (SSSR count). The summed E-state index contributed by atoms with van der Waals surface area (Å²) in [5.41, 5.74) is 0.791. The lowest BCUT2D eigenvalue weighted by atomic mass is 10.00. The molecular weight excluding hydrogens is 292 g/mol. The van der Waals surface area contributed by atoms with Crippen molar-refractivity contribution in [3.05, 3.63) is 29.8 Å². The molecule has 1 aromatic rings. The molecule has 1 fully saturated rings.